The quantitative estimate of drug-likeness (QED) is 0.809. The van der Waals surface area contributed by atoms with Crippen molar-refractivity contribution in [1.29, 1.82) is 0 Å². The van der Waals surface area contributed by atoms with Crippen LogP contribution in [0, 0.1) is 0 Å². The van der Waals surface area contributed by atoms with Crippen molar-refractivity contribution in [3.63, 3.8) is 0 Å². The number of aliphatic carboxylic acids is 1. The van der Waals surface area contributed by atoms with E-state index in [1.54, 1.807) is 24.3 Å². The second-order valence-corrected chi connectivity index (χ2v) is 7.66. The average molecular weight is 334 g/mol. The summed E-state index contributed by atoms with van der Waals surface area (Å²) in [5.41, 5.74) is 0.692. The van der Waals surface area contributed by atoms with E-state index in [0.29, 0.717) is 10.6 Å². The summed E-state index contributed by atoms with van der Waals surface area (Å²) in [6, 6.07) is 6.21. The number of nitrogens with zero attached hydrogens (tertiary/aromatic N) is 1. The lowest BCUT2D eigenvalue weighted by atomic mass is 10.1. The van der Waals surface area contributed by atoms with E-state index >= 15 is 0 Å². The van der Waals surface area contributed by atoms with Crippen molar-refractivity contribution in [3.8, 4) is 0 Å². The minimum Gasteiger partial charge on any atom is -0.480 e. The summed E-state index contributed by atoms with van der Waals surface area (Å²) in [6.45, 7) is -0.189. The van der Waals surface area contributed by atoms with Gasteiger partial charge in [0.15, 0.2) is 9.84 Å². The van der Waals surface area contributed by atoms with Crippen LogP contribution in [0.5, 0.6) is 0 Å². The maximum atomic E-state index is 11.6. The second kappa shape index (κ2) is 6.31. The van der Waals surface area contributed by atoms with E-state index in [1.165, 1.54) is 4.90 Å². The topological polar surface area (TPSA) is 94.9 Å². The first-order valence-corrected chi connectivity index (χ1v) is 8.56. The third kappa shape index (κ3) is 4.16. The molecular formula is C13H16ClNO5S. The largest absolute Gasteiger partial charge is 0.480 e. The van der Waals surface area contributed by atoms with Gasteiger partial charge in [-0.2, -0.15) is 0 Å². The van der Waals surface area contributed by atoms with E-state index in [-0.39, 0.29) is 24.6 Å². The number of hydrogen-bond acceptors (Lipinski definition) is 5. The molecule has 2 rings (SSSR count). The SMILES string of the molecule is O=C(O)CN(Cc1ccccc1Cl)[C@@H]1CS(=O)(=O)C[C@@H]1O. The summed E-state index contributed by atoms with van der Waals surface area (Å²) in [5.74, 6) is -1.67. The molecule has 1 saturated heterocycles. The number of benzene rings is 1. The van der Waals surface area contributed by atoms with E-state index in [2.05, 4.69) is 0 Å². The van der Waals surface area contributed by atoms with E-state index in [4.69, 9.17) is 16.7 Å². The number of hydrogen-bond donors (Lipinski definition) is 2. The van der Waals surface area contributed by atoms with Gasteiger partial charge in [0.1, 0.15) is 0 Å². The lowest BCUT2D eigenvalue weighted by Gasteiger charge is -2.28. The fourth-order valence-corrected chi connectivity index (χ4v) is 4.50. The molecule has 0 bridgehead atoms. The molecule has 1 aromatic carbocycles. The van der Waals surface area contributed by atoms with Gasteiger partial charge in [0.25, 0.3) is 0 Å². The number of aliphatic hydroxyl groups is 1. The Kier molecular flexibility index (Phi) is 4.88. The highest BCUT2D eigenvalue weighted by Gasteiger charge is 2.40. The van der Waals surface area contributed by atoms with Crippen molar-refractivity contribution in [2.75, 3.05) is 18.1 Å². The van der Waals surface area contributed by atoms with E-state index < -0.39 is 28.0 Å². The number of rotatable bonds is 5. The highest BCUT2D eigenvalue weighted by molar-refractivity contribution is 7.91. The van der Waals surface area contributed by atoms with E-state index in [9.17, 15) is 18.3 Å². The Labute approximate surface area is 127 Å². The van der Waals surface area contributed by atoms with Gasteiger partial charge in [-0.05, 0) is 11.6 Å². The van der Waals surface area contributed by atoms with Gasteiger partial charge >= 0.3 is 5.97 Å². The van der Waals surface area contributed by atoms with Crippen LogP contribution in [-0.2, 0) is 21.2 Å². The minimum absolute atomic E-state index is 0.170. The molecule has 0 amide bonds. The molecule has 8 heteroatoms. The molecule has 6 nitrogen and oxygen atoms in total. The summed E-state index contributed by atoms with van der Waals surface area (Å²) in [5, 5.41) is 19.4. The predicted molar refractivity (Wildman–Crippen MR) is 77.9 cm³/mol. The van der Waals surface area contributed by atoms with Gasteiger partial charge in [-0.15, -0.1) is 0 Å². The van der Waals surface area contributed by atoms with Crippen LogP contribution in [0.4, 0.5) is 0 Å². The maximum Gasteiger partial charge on any atom is 0.317 e. The number of sulfone groups is 1. The smallest absolute Gasteiger partial charge is 0.317 e. The monoisotopic (exact) mass is 333 g/mol. The molecule has 0 saturated carbocycles. The predicted octanol–water partition coefficient (Wildman–Crippen LogP) is 0.385. The molecule has 2 atom stereocenters. The van der Waals surface area contributed by atoms with Crippen molar-refractivity contribution >= 4 is 27.4 Å². The van der Waals surface area contributed by atoms with Gasteiger partial charge in [-0.3, -0.25) is 9.69 Å². The van der Waals surface area contributed by atoms with Crippen LogP contribution in [0.2, 0.25) is 5.02 Å². The van der Waals surface area contributed by atoms with Gasteiger partial charge in [0.05, 0.1) is 30.2 Å². The molecule has 0 unspecified atom stereocenters. The standard InChI is InChI=1S/C13H16ClNO5S/c14-10-4-2-1-3-9(10)5-15(6-13(17)18)11-7-21(19,20)8-12(11)16/h1-4,11-12,16H,5-8H2,(H,17,18)/t11-,12+/m1/s1. The zero-order valence-electron chi connectivity index (χ0n) is 11.1. The second-order valence-electron chi connectivity index (χ2n) is 5.10. The van der Waals surface area contributed by atoms with Gasteiger partial charge in [0, 0.05) is 11.6 Å². The van der Waals surface area contributed by atoms with Crippen LogP contribution in [0.1, 0.15) is 5.56 Å². The van der Waals surface area contributed by atoms with E-state index in [0.717, 1.165) is 0 Å². The highest BCUT2D eigenvalue weighted by atomic mass is 35.5. The Bertz CT molecular complexity index is 633. The van der Waals surface area contributed by atoms with Crippen LogP contribution >= 0.6 is 11.6 Å². The molecule has 116 valence electrons. The van der Waals surface area contributed by atoms with Crippen LogP contribution in [0.25, 0.3) is 0 Å². The molecule has 2 N–H and O–H groups in total. The zero-order chi connectivity index (χ0) is 15.6. The molecule has 1 fully saturated rings. The van der Waals surface area contributed by atoms with Crippen LogP contribution in [0.3, 0.4) is 0 Å². The van der Waals surface area contributed by atoms with Crippen molar-refractivity contribution in [3.05, 3.63) is 34.9 Å². The average Bonchev–Trinajstić information content (AvgIpc) is 2.64. The van der Waals surface area contributed by atoms with Gasteiger partial charge in [-0.1, -0.05) is 29.8 Å². The van der Waals surface area contributed by atoms with Crippen molar-refractivity contribution in [1.82, 2.24) is 4.90 Å². The zero-order valence-corrected chi connectivity index (χ0v) is 12.7. The molecular weight excluding hydrogens is 318 g/mol. The third-order valence-corrected chi connectivity index (χ3v) is 5.50. The van der Waals surface area contributed by atoms with Crippen LogP contribution in [-0.4, -0.2) is 59.7 Å². The molecule has 0 radical (unpaired) electrons. The Morgan fingerprint density at radius 1 is 1.33 bits per heavy atom. The maximum absolute atomic E-state index is 11.6. The lowest BCUT2D eigenvalue weighted by Crippen LogP contribution is -2.45. The molecule has 0 aromatic heterocycles. The molecule has 1 aromatic rings. The molecule has 0 spiro atoms. The third-order valence-electron chi connectivity index (χ3n) is 3.43. The Morgan fingerprint density at radius 2 is 2.00 bits per heavy atom. The minimum atomic E-state index is -3.35. The number of carboxylic acids is 1. The van der Waals surface area contributed by atoms with Gasteiger partial charge in [-0.25, -0.2) is 8.42 Å². The molecule has 0 aliphatic carbocycles. The fraction of sp³-hybridized carbons (Fsp3) is 0.462. The lowest BCUT2D eigenvalue weighted by molar-refractivity contribution is -0.139. The highest BCUT2D eigenvalue weighted by Crippen LogP contribution is 2.23. The first-order chi connectivity index (χ1) is 9.78. The fourth-order valence-electron chi connectivity index (χ4n) is 2.47. The van der Waals surface area contributed by atoms with Crippen molar-refractivity contribution in [2.24, 2.45) is 0 Å². The first-order valence-electron chi connectivity index (χ1n) is 6.36. The number of carbonyl (C=O) groups is 1. The molecule has 21 heavy (non-hydrogen) atoms. The number of carboxylic acid groups (broad SMARTS) is 1. The summed E-state index contributed by atoms with van der Waals surface area (Å²) in [4.78, 5) is 12.4. The molecule has 1 aliphatic heterocycles. The van der Waals surface area contributed by atoms with Crippen molar-refractivity contribution < 1.29 is 23.4 Å². The first kappa shape index (κ1) is 16.2. The Balaban J connectivity index is 2.23. The summed E-state index contributed by atoms with van der Waals surface area (Å²) >= 11 is 6.05. The van der Waals surface area contributed by atoms with Crippen molar-refractivity contribution in [2.45, 2.75) is 18.7 Å². The number of halogens is 1. The summed E-state index contributed by atoms with van der Waals surface area (Å²) in [6.07, 6.45) is -1.09. The Morgan fingerprint density at radius 3 is 2.52 bits per heavy atom. The molecule has 1 heterocycles. The summed E-state index contributed by atoms with van der Waals surface area (Å²) in [7, 11) is -3.35. The Hall–Kier alpha value is -1.15. The van der Waals surface area contributed by atoms with Crippen LogP contribution < -0.4 is 0 Å². The summed E-state index contributed by atoms with van der Waals surface area (Å²) < 4.78 is 23.2. The van der Waals surface area contributed by atoms with Crippen LogP contribution in [0.15, 0.2) is 24.3 Å². The number of aliphatic hydroxyl groups excluding tert-OH is 1. The molecule has 1 aliphatic rings. The van der Waals surface area contributed by atoms with Gasteiger partial charge < -0.3 is 10.2 Å². The van der Waals surface area contributed by atoms with E-state index in [1.807, 2.05) is 0 Å². The van der Waals surface area contributed by atoms with Gasteiger partial charge in [0.2, 0.25) is 0 Å². The normalized spacial score (nSPS) is 24.3.